The van der Waals surface area contributed by atoms with Crippen LogP contribution in [0.1, 0.15) is 41.7 Å². The molecule has 0 spiro atoms. The zero-order valence-corrected chi connectivity index (χ0v) is 15.0. The minimum absolute atomic E-state index is 0.195. The summed E-state index contributed by atoms with van der Waals surface area (Å²) in [4.78, 5) is 24.7. The predicted molar refractivity (Wildman–Crippen MR) is 98.1 cm³/mol. The van der Waals surface area contributed by atoms with Crippen LogP contribution in [0.25, 0.3) is 10.8 Å². The zero-order valence-electron chi connectivity index (χ0n) is 14.2. The molecule has 3 aromatic rings. The van der Waals surface area contributed by atoms with E-state index in [1.807, 2.05) is 0 Å². The van der Waals surface area contributed by atoms with E-state index in [0.717, 1.165) is 30.7 Å². The second kappa shape index (κ2) is 7.52. The summed E-state index contributed by atoms with van der Waals surface area (Å²) >= 11 is 1.37. The van der Waals surface area contributed by atoms with Gasteiger partial charge in [0.25, 0.3) is 11.5 Å². The molecule has 0 fully saturated rings. The number of carbonyl (C=O) groups is 1. The Morgan fingerprint density at radius 2 is 1.96 bits per heavy atom. The van der Waals surface area contributed by atoms with Crippen LogP contribution in [0.15, 0.2) is 29.1 Å². The topological polar surface area (TPSA) is 89.8 Å². The van der Waals surface area contributed by atoms with Crippen molar-refractivity contribution in [2.45, 2.75) is 32.6 Å². The number of aromatic nitrogens is 4. The molecule has 0 saturated heterocycles. The maximum Gasteiger partial charge on any atom is 0.278 e. The molecule has 0 saturated carbocycles. The highest BCUT2D eigenvalue weighted by Gasteiger charge is 2.17. The Bertz CT molecular complexity index is 963. The second-order valence-corrected chi connectivity index (χ2v) is 6.80. The van der Waals surface area contributed by atoms with Crippen LogP contribution in [-0.4, -0.2) is 25.9 Å². The fourth-order valence-corrected chi connectivity index (χ4v) is 3.33. The van der Waals surface area contributed by atoms with Crippen molar-refractivity contribution < 1.29 is 4.79 Å². The molecule has 7 nitrogen and oxygen atoms in total. The van der Waals surface area contributed by atoms with Crippen molar-refractivity contribution in [1.82, 2.24) is 20.0 Å². The van der Waals surface area contributed by atoms with Gasteiger partial charge < -0.3 is 0 Å². The maximum absolute atomic E-state index is 12.6. The summed E-state index contributed by atoms with van der Waals surface area (Å²) < 4.78 is 1.17. The molecule has 25 heavy (non-hydrogen) atoms. The van der Waals surface area contributed by atoms with E-state index in [1.54, 1.807) is 24.3 Å². The quantitative estimate of drug-likeness (QED) is 0.685. The van der Waals surface area contributed by atoms with Crippen molar-refractivity contribution in [3.05, 3.63) is 45.3 Å². The van der Waals surface area contributed by atoms with E-state index >= 15 is 0 Å². The summed E-state index contributed by atoms with van der Waals surface area (Å²) in [7, 11) is 1.53. The van der Waals surface area contributed by atoms with Crippen LogP contribution in [-0.2, 0) is 13.5 Å². The fraction of sp³-hybridized carbons (Fsp3) is 0.353. The minimum atomic E-state index is -0.400. The SMILES string of the molecule is CCCCCc1nnc(NC(=O)c2nn(C)c(=O)c3ccccc23)s1. The Labute approximate surface area is 148 Å². The van der Waals surface area contributed by atoms with Gasteiger partial charge in [0.05, 0.1) is 5.39 Å². The third-order valence-electron chi connectivity index (χ3n) is 3.85. The normalized spacial score (nSPS) is 11.0. The first-order chi connectivity index (χ1) is 12.1. The lowest BCUT2D eigenvalue weighted by atomic mass is 10.1. The van der Waals surface area contributed by atoms with Crippen LogP contribution >= 0.6 is 11.3 Å². The van der Waals surface area contributed by atoms with Crippen molar-refractivity contribution in [3.63, 3.8) is 0 Å². The standard InChI is InChI=1S/C17H19N5O2S/c1-3-4-5-10-13-19-20-17(25-13)18-15(23)14-11-8-6-7-9-12(11)16(24)22(2)21-14/h6-9H,3-5,10H2,1-2H3,(H,18,20,23). The fourth-order valence-electron chi connectivity index (χ4n) is 2.56. The van der Waals surface area contributed by atoms with Gasteiger partial charge in [-0.15, -0.1) is 10.2 Å². The van der Waals surface area contributed by atoms with Gasteiger partial charge >= 0.3 is 0 Å². The van der Waals surface area contributed by atoms with Gasteiger partial charge in [0.2, 0.25) is 5.13 Å². The van der Waals surface area contributed by atoms with Gasteiger partial charge in [0, 0.05) is 18.9 Å². The summed E-state index contributed by atoms with van der Waals surface area (Å²) in [5.41, 5.74) is -0.0401. The smallest absolute Gasteiger partial charge is 0.278 e. The van der Waals surface area contributed by atoms with Crippen LogP contribution in [0.3, 0.4) is 0 Å². The molecule has 0 aliphatic heterocycles. The van der Waals surface area contributed by atoms with E-state index in [9.17, 15) is 9.59 Å². The molecule has 0 bridgehead atoms. The van der Waals surface area contributed by atoms with Crippen LogP contribution in [0.5, 0.6) is 0 Å². The summed E-state index contributed by atoms with van der Waals surface area (Å²) in [6.45, 7) is 2.15. The Morgan fingerprint density at radius 3 is 2.72 bits per heavy atom. The molecule has 1 amide bonds. The van der Waals surface area contributed by atoms with Crippen LogP contribution in [0.2, 0.25) is 0 Å². The number of anilines is 1. The molecule has 2 heterocycles. The molecule has 130 valence electrons. The lowest BCUT2D eigenvalue weighted by Gasteiger charge is -2.07. The van der Waals surface area contributed by atoms with Crippen molar-refractivity contribution in [2.24, 2.45) is 7.05 Å². The molecular formula is C17H19N5O2S. The maximum atomic E-state index is 12.6. The molecule has 2 aromatic heterocycles. The number of nitrogens with zero attached hydrogens (tertiary/aromatic N) is 4. The largest absolute Gasteiger partial charge is 0.295 e. The number of benzene rings is 1. The Kier molecular flexibility index (Phi) is 5.18. The molecule has 0 atom stereocenters. The van der Waals surface area contributed by atoms with Crippen LogP contribution in [0, 0.1) is 0 Å². The number of hydrogen-bond acceptors (Lipinski definition) is 6. The molecule has 8 heteroatoms. The van der Waals surface area contributed by atoms with E-state index in [4.69, 9.17) is 0 Å². The molecule has 1 N–H and O–H groups in total. The van der Waals surface area contributed by atoms with Gasteiger partial charge in [-0.3, -0.25) is 14.9 Å². The Balaban J connectivity index is 1.84. The highest BCUT2D eigenvalue weighted by Crippen LogP contribution is 2.19. The zero-order chi connectivity index (χ0) is 17.8. The Hall–Kier alpha value is -2.61. The Morgan fingerprint density at radius 1 is 1.20 bits per heavy atom. The number of unbranched alkanes of at least 4 members (excludes halogenated alkanes) is 2. The molecule has 3 rings (SSSR count). The summed E-state index contributed by atoms with van der Waals surface area (Å²) in [5.74, 6) is -0.400. The van der Waals surface area contributed by atoms with Gasteiger partial charge in [-0.25, -0.2) is 4.68 Å². The number of hydrogen-bond donors (Lipinski definition) is 1. The van der Waals surface area contributed by atoms with Crippen molar-refractivity contribution >= 4 is 33.1 Å². The van der Waals surface area contributed by atoms with Crippen LogP contribution < -0.4 is 10.9 Å². The van der Waals surface area contributed by atoms with Gasteiger partial charge in [-0.2, -0.15) is 5.10 Å². The minimum Gasteiger partial charge on any atom is -0.295 e. The second-order valence-electron chi connectivity index (χ2n) is 5.74. The molecule has 0 aliphatic carbocycles. The number of rotatable bonds is 6. The number of carbonyl (C=O) groups excluding carboxylic acids is 1. The van der Waals surface area contributed by atoms with Gasteiger partial charge in [0.15, 0.2) is 5.69 Å². The number of nitrogens with one attached hydrogen (secondary N) is 1. The van der Waals surface area contributed by atoms with Crippen molar-refractivity contribution in [1.29, 1.82) is 0 Å². The molecule has 1 aromatic carbocycles. The van der Waals surface area contributed by atoms with E-state index < -0.39 is 5.91 Å². The van der Waals surface area contributed by atoms with Crippen molar-refractivity contribution in [2.75, 3.05) is 5.32 Å². The van der Waals surface area contributed by atoms with Gasteiger partial charge in [-0.05, 0) is 12.5 Å². The van der Waals surface area contributed by atoms with Crippen molar-refractivity contribution in [3.8, 4) is 0 Å². The van der Waals surface area contributed by atoms with E-state index in [1.165, 1.54) is 23.1 Å². The van der Waals surface area contributed by atoms with E-state index in [0.29, 0.717) is 15.9 Å². The van der Waals surface area contributed by atoms with Gasteiger partial charge in [0.1, 0.15) is 5.01 Å². The van der Waals surface area contributed by atoms with Crippen LogP contribution in [0.4, 0.5) is 5.13 Å². The number of aryl methyl sites for hydroxylation is 2. The first-order valence-electron chi connectivity index (χ1n) is 8.20. The van der Waals surface area contributed by atoms with Gasteiger partial charge in [-0.1, -0.05) is 49.3 Å². The highest BCUT2D eigenvalue weighted by atomic mass is 32.1. The molecule has 0 aliphatic rings. The average Bonchev–Trinajstić information content (AvgIpc) is 3.05. The lowest BCUT2D eigenvalue weighted by Crippen LogP contribution is -2.25. The summed E-state index contributed by atoms with van der Waals surface area (Å²) in [6, 6.07) is 6.94. The number of fused-ring (bicyclic) bond motifs is 1. The summed E-state index contributed by atoms with van der Waals surface area (Å²) in [6.07, 6.45) is 4.22. The predicted octanol–water partition coefficient (Wildman–Crippen LogP) is 2.77. The average molecular weight is 357 g/mol. The monoisotopic (exact) mass is 357 g/mol. The van der Waals surface area contributed by atoms with E-state index in [2.05, 4.69) is 27.5 Å². The lowest BCUT2D eigenvalue weighted by molar-refractivity contribution is 0.102. The first kappa shape index (κ1) is 17.2. The molecule has 0 unspecified atom stereocenters. The molecule has 0 radical (unpaired) electrons. The first-order valence-corrected chi connectivity index (χ1v) is 9.01. The summed E-state index contributed by atoms with van der Waals surface area (Å²) in [5, 5.41) is 17.3. The third-order valence-corrected chi connectivity index (χ3v) is 4.75. The number of amides is 1. The van der Waals surface area contributed by atoms with E-state index in [-0.39, 0.29) is 11.3 Å². The third kappa shape index (κ3) is 3.74. The highest BCUT2D eigenvalue weighted by molar-refractivity contribution is 7.15. The molecular weight excluding hydrogens is 338 g/mol.